The Labute approximate surface area is 131 Å². The summed E-state index contributed by atoms with van der Waals surface area (Å²) in [6.07, 6.45) is -1.72. The van der Waals surface area contributed by atoms with E-state index in [4.69, 9.17) is 15.2 Å². The highest BCUT2D eigenvalue weighted by Gasteiger charge is 2.38. The summed E-state index contributed by atoms with van der Waals surface area (Å²) in [5, 5.41) is 12.9. The molecule has 2 aromatic carbocycles. The van der Waals surface area contributed by atoms with E-state index in [1.54, 1.807) is 0 Å². The largest absolute Gasteiger partial charge is 0.386 e. The number of nitrogens with two attached hydrogens (primary N) is 1. The van der Waals surface area contributed by atoms with E-state index in [9.17, 15) is 5.11 Å². The molecule has 2 atom stereocenters. The van der Waals surface area contributed by atoms with Gasteiger partial charge in [-0.2, -0.15) is 0 Å². The van der Waals surface area contributed by atoms with Crippen LogP contribution in [0.5, 0.6) is 0 Å². The van der Waals surface area contributed by atoms with Crippen molar-refractivity contribution >= 4 is 10.8 Å². The Bertz CT molecular complexity index is 601. The van der Waals surface area contributed by atoms with Crippen molar-refractivity contribution in [3.63, 3.8) is 0 Å². The van der Waals surface area contributed by atoms with E-state index >= 15 is 0 Å². The van der Waals surface area contributed by atoms with E-state index in [1.807, 2.05) is 63.2 Å². The number of hydrogen-bond acceptors (Lipinski definition) is 4. The number of aliphatic hydroxyl groups is 1. The van der Waals surface area contributed by atoms with Gasteiger partial charge < -0.3 is 20.3 Å². The molecular weight excluding hydrogens is 278 g/mol. The fourth-order valence-electron chi connectivity index (χ4n) is 2.70. The minimum atomic E-state index is -0.990. The molecule has 120 valence electrons. The summed E-state index contributed by atoms with van der Waals surface area (Å²) >= 11 is 0. The third-order valence-electron chi connectivity index (χ3n) is 3.90. The lowest BCUT2D eigenvalue weighted by Crippen LogP contribution is -2.52. The van der Waals surface area contributed by atoms with Gasteiger partial charge >= 0.3 is 0 Å². The van der Waals surface area contributed by atoms with Crippen molar-refractivity contribution in [3.8, 4) is 0 Å². The van der Waals surface area contributed by atoms with Gasteiger partial charge in [-0.25, -0.2) is 0 Å². The Kier molecular flexibility index (Phi) is 5.53. The van der Waals surface area contributed by atoms with E-state index < -0.39 is 17.9 Å². The lowest BCUT2D eigenvalue weighted by Gasteiger charge is -2.36. The minimum absolute atomic E-state index is 0.452. The van der Waals surface area contributed by atoms with Gasteiger partial charge in [0.25, 0.3) is 0 Å². The molecule has 0 fully saturated rings. The number of rotatable bonds is 7. The van der Waals surface area contributed by atoms with Gasteiger partial charge in [-0.1, -0.05) is 42.5 Å². The molecule has 22 heavy (non-hydrogen) atoms. The van der Waals surface area contributed by atoms with E-state index in [1.165, 1.54) is 0 Å². The first kappa shape index (κ1) is 16.9. The van der Waals surface area contributed by atoms with Gasteiger partial charge in [0.2, 0.25) is 0 Å². The zero-order valence-corrected chi connectivity index (χ0v) is 13.5. The van der Waals surface area contributed by atoms with E-state index in [0.717, 1.165) is 16.3 Å². The molecule has 2 rings (SSSR count). The highest BCUT2D eigenvalue weighted by Crippen LogP contribution is 2.31. The highest BCUT2D eigenvalue weighted by molar-refractivity contribution is 5.86. The van der Waals surface area contributed by atoms with Crippen LogP contribution in [0.3, 0.4) is 0 Å². The first-order chi connectivity index (χ1) is 10.5. The molecule has 0 spiro atoms. The number of ether oxygens (including phenoxy) is 2. The van der Waals surface area contributed by atoms with E-state index in [0.29, 0.717) is 13.2 Å². The Morgan fingerprint density at radius 3 is 2.27 bits per heavy atom. The average molecular weight is 303 g/mol. The van der Waals surface area contributed by atoms with Gasteiger partial charge in [-0.3, -0.25) is 0 Å². The molecule has 0 bridgehead atoms. The lowest BCUT2D eigenvalue weighted by atomic mass is 9.84. The zero-order valence-electron chi connectivity index (χ0n) is 13.5. The van der Waals surface area contributed by atoms with Crippen molar-refractivity contribution in [2.45, 2.75) is 38.7 Å². The Balaban J connectivity index is 2.42. The van der Waals surface area contributed by atoms with Crippen LogP contribution in [0.25, 0.3) is 10.8 Å². The molecule has 0 amide bonds. The summed E-state index contributed by atoms with van der Waals surface area (Å²) in [6, 6.07) is 13.9. The second kappa shape index (κ2) is 7.20. The standard InChI is InChI=1S/C18H25NO3/c1-4-21-17(22-5-2)16(20)18(3,19)15-12-8-10-13-9-6-7-11-14(13)15/h6-12,16-17,20H,4-5,19H2,1-3H3. The summed E-state index contributed by atoms with van der Waals surface area (Å²) in [5.74, 6) is 0. The molecular formula is C18H25NO3. The average Bonchev–Trinajstić information content (AvgIpc) is 2.53. The van der Waals surface area contributed by atoms with Gasteiger partial charge in [-0.15, -0.1) is 0 Å². The van der Waals surface area contributed by atoms with Crippen LogP contribution < -0.4 is 5.73 Å². The topological polar surface area (TPSA) is 64.7 Å². The monoisotopic (exact) mass is 303 g/mol. The summed E-state index contributed by atoms with van der Waals surface area (Å²) in [7, 11) is 0. The van der Waals surface area contributed by atoms with E-state index in [2.05, 4.69) is 0 Å². The number of benzene rings is 2. The Hall–Kier alpha value is -1.46. The smallest absolute Gasteiger partial charge is 0.185 e. The molecule has 0 saturated heterocycles. The minimum Gasteiger partial charge on any atom is -0.386 e. The summed E-state index contributed by atoms with van der Waals surface area (Å²) < 4.78 is 11.0. The zero-order chi connectivity index (χ0) is 16.2. The van der Waals surface area contributed by atoms with Crippen molar-refractivity contribution in [2.75, 3.05) is 13.2 Å². The second-order valence-corrected chi connectivity index (χ2v) is 5.53. The highest BCUT2D eigenvalue weighted by atomic mass is 16.7. The van der Waals surface area contributed by atoms with Crippen molar-refractivity contribution in [1.29, 1.82) is 0 Å². The molecule has 0 radical (unpaired) electrons. The first-order valence-corrected chi connectivity index (χ1v) is 7.70. The number of aliphatic hydroxyl groups excluding tert-OH is 1. The maximum atomic E-state index is 10.7. The van der Waals surface area contributed by atoms with Crippen molar-refractivity contribution in [2.24, 2.45) is 5.73 Å². The molecule has 3 N–H and O–H groups in total. The van der Waals surface area contributed by atoms with Gasteiger partial charge in [0.05, 0.1) is 5.54 Å². The maximum absolute atomic E-state index is 10.7. The molecule has 2 unspecified atom stereocenters. The van der Waals surface area contributed by atoms with Crippen LogP contribution in [-0.2, 0) is 15.0 Å². The van der Waals surface area contributed by atoms with Gasteiger partial charge in [0, 0.05) is 13.2 Å². The van der Waals surface area contributed by atoms with Crippen LogP contribution in [0.1, 0.15) is 26.3 Å². The maximum Gasteiger partial charge on any atom is 0.185 e. The van der Waals surface area contributed by atoms with Crippen LogP contribution in [0.4, 0.5) is 0 Å². The number of fused-ring (bicyclic) bond motifs is 1. The molecule has 2 aromatic rings. The van der Waals surface area contributed by atoms with Crippen LogP contribution >= 0.6 is 0 Å². The van der Waals surface area contributed by atoms with Crippen molar-refractivity contribution in [1.82, 2.24) is 0 Å². The van der Waals surface area contributed by atoms with Crippen LogP contribution in [0, 0.1) is 0 Å². The third kappa shape index (κ3) is 3.31. The second-order valence-electron chi connectivity index (χ2n) is 5.53. The lowest BCUT2D eigenvalue weighted by molar-refractivity contribution is -0.204. The predicted molar refractivity (Wildman–Crippen MR) is 88.5 cm³/mol. The van der Waals surface area contributed by atoms with Gasteiger partial charge in [-0.05, 0) is 37.1 Å². The fraction of sp³-hybridized carbons (Fsp3) is 0.444. The van der Waals surface area contributed by atoms with Crippen LogP contribution in [0.15, 0.2) is 42.5 Å². The molecule has 4 heteroatoms. The third-order valence-corrected chi connectivity index (χ3v) is 3.90. The molecule has 0 aromatic heterocycles. The first-order valence-electron chi connectivity index (χ1n) is 7.70. The Morgan fingerprint density at radius 1 is 1.05 bits per heavy atom. The summed E-state index contributed by atoms with van der Waals surface area (Å²) in [4.78, 5) is 0. The fourth-order valence-corrected chi connectivity index (χ4v) is 2.70. The molecule has 0 saturated carbocycles. The molecule has 0 heterocycles. The van der Waals surface area contributed by atoms with Crippen molar-refractivity contribution in [3.05, 3.63) is 48.0 Å². The molecule has 0 aliphatic rings. The molecule has 0 aliphatic heterocycles. The predicted octanol–water partition coefficient (Wildman–Crippen LogP) is 2.77. The quantitative estimate of drug-likeness (QED) is 0.772. The van der Waals surface area contributed by atoms with Crippen LogP contribution in [0.2, 0.25) is 0 Å². The van der Waals surface area contributed by atoms with Gasteiger partial charge in [0.1, 0.15) is 6.10 Å². The Morgan fingerprint density at radius 2 is 1.64 bits per heavy atom. The van der Waals surface area contributed by atoms with E-state index in [-0.39, 0.29) is 0 Å². The molecule has 4 nitrogen and oxygen atoms in total. The van der Waals surface area contributed by atoms with Gasteiger partial charge in [0.15, 0.2) is 6.29 Å². The molecule has 0 aliphatic carbocycles. The van der Waals surface area contributed by atoms with Crippen LogP contribution in [-0.4, -0.2) is 30.7 Å². The SMILES string of the molecule is CCOC(OCC)C(O)C(C)(N)c1cccc2ccccc12. The summed E-state index contributed by atoms with van der Waals surface area (Å²) in [6.45, 7) is 6.44. The normalized spacial score (nSPS) is 15.9. The summed E-state index contributed by atoms with van der Waals surface area (Å²) in [5.41, 5.74) is 6.39. The number of hydrogen-bond donors (Lipinski definition) is 2. The van der Waals surface area contributed by atoms with Crippen molar-refractivity contribution < 1.29 is 14.6 Å².